The molecule has 1 unspecified atom stereocenters. The van der Waals surface area contributed by atoms with Crippen molar-refractivity contribution in [3.63, 3.8) is 0 Å². The second-order valence-corrected chi connectivity index (χ2v) is 4.38. The van der Waals surface area contributed by atoms with E-state index >= 15 is 0 Å². The lowest BCUT2D eigenvalue weighted by Crippen LogP contribution is -2.18. The van der Waals surface area contributed by atoms with Gasteiger partial charge in [0.2, 0.25) is 11.3 Å². The van der Waals surface area contributed by atoms with Gasteiger partial charge in [0.15, 0.2) is 0 Å². The lowest BCUT2D eigenvalue weighted by atomic mass is 10.1. The fourth-order valence-electron chi connectivity index (χ4n) is 1.26. The highest BCUT2D eigenvalue weighted by atomic mass is 35.5. The monoisotopic (exact) mass is 263 g/mol. The highest BCUT2D eigenvalue weighted by Gasteiger charge is 1.98. The van der Waals surface area contributed by atoms with E-state index in [0.29, 0.717) is 6.54 Å². The van der Waals surface area contributed by atoms with Gasteiger partial charge in [0.05, 0.1) is 5.69 Å². The summed E-state index contributed by atoms with van der Waals surface area (Å²) in [5.41, 5.74) is 1.85. The van der Waals surface area contributed by atoms with E-state index in [1.54, 1.807) is 0 Å². The molecule has 0 radical (unpaired) electrons. The fraction of sp³-hybridized carbons (Fsp3) is 0.333. The normalized spacial score (nSPS) is 12.4. The van der Waals surface area contributed by atoms with Gasteiger partial charge in [0, 0.05) is 18.3 Å². The molecule has 1 aromatic rings. The van der Waals surface area contributed by atoms with E-state index in [-0.39, 0.29) is 0 Å². The van der Waals surface area contributed by atoms with Crippen molar-refractivity contribution in [2.45, 2.75) is 12.8 Å². The Morgan fingerprint density at radius 3 is 2.56 bits per heavy atom. The summed E-state index contributed by atoms with van der Waals surface area (Å²) in [6.45, 7) is 0.503. The van der Waals surface area contributed by atoms with Crippen LogP contribution in [0.3, 0.4) is 0 Å². The van der Waals surface area contributed by atoms with Gasteiger partial charge in [0.1, 0.15) is 0 Å². The number of halogens is 1. The molecule has 4 N–H and O–H groups in total. The van der Waals surface area contributed by atoms with E-state index in [2.05, 4.69) is 4.72 Å². The van der Waals surface area contributed by atoms with Gasteiger partial charge in [0.25, 0.3) is 0 Å². The molecule has 0 aliphatic heterocycles. The Balaban J connectivity index is 2.35. The van der Waals surface area contributed by atoms with Crippen LogP contribution in [0.2, 0.25) is 0 Å². The molecule has 1 atom stereocenters. The smallest absolute Gasteiger partial charge is 0.231 e. The minimum absolute atomic E-state index is 0.503. The molecule has 0 fully saturated rings. The summed E-state index contributed by atoms with van der Waals surface area (Å²) in [4.78, 5) is 0. The van der Waals surface area contributed by atoms with Crippen LogP contribution >= 0.6 is 11.8 Å². The van der Waals surface area contributed by atoms with Crippen LogP contribution in [0.1, 0.15) is 12.0 Å². The molecule has 1 rings (SSSR count). The standard InChI is InChI=1S/C9H14ClN3O2S/c10-13(11)9-5-3-8(4-6-9)2-1-7-12-16(14)15/h3-6,12H,1-2,7,11H2,(H,14,15). The third kappa shape index (κ3) is 4.91. The number of nitrogens with one attached hydrogen (secondary N) is 1. The van der Waals surface area contributed by atoms with Crippen molar-refractivity contribution in [2.75, 3.05) is 11.1 Å². The molecule has 90 valence electrons. The Bertz CT molecular complexity index is 345. The molecule has 16 heavy (non-hydrogen) atoms. The molecule has 7 heteroatoms. The molecule has 0 spiro atoms. The Labute approximate surface area is 102 Å². The van der Waals surface area contributed by atoms with Crippen molar-refractivity contribution in [3.8, 4) is 0 Å². The molecule has 0 aliphatic carbocycles. The zero-order chi connectivity index (χ0) is 12.0. The van der Waals surface area contributed by atoms with E-state index in [4.69, 9.17) is 22.2 Å². The third-order valence-corrected chi connectivity index (χ3v) is 2.70. The maximum atomic E-state index is 10.3. The van der Waals surface area contributed by atoms with Crippen LogP contribution in [0, 0.1) is 0 Å². The number of hydrazine groups is 1. The van der Waals surface area contributed by atoms with Crippen molar-refractivity contribution in [1.29, 1.82) is 0 Å². The number of rotatable bonds is 6. The Morgan fingerprint density at radius 2 is 2.06 bits per heavy atom. The maximum Gasteiger partial charge on any atom is 0.231 e. The molecule has 0 amide bonds. The lowest BCUT2D eigenvalue weighted by molar-refractivity contribution is 0.547. The van der Waals surface area contributed by atoms with Crippen LogP contribution in [0.4, 0.5) is 5.69 Å². The highest BCUT2D eigenvalue weighted by molar-refractivity contribution is 7.77. The first-order valence-electron chi connectivity index (χ1n) is 4.73. The number of nitrogens with two attached hydrogens (primary N) is 1. The van der Waals surface area contributed by atoms with Crippen molar-refractivity contribution < 1.29 is 8.76 Å². The molecule has 0 heterocycles. The molecule has 0 bridgehead atoms. The summed E-state index contributed by atoms with van der Waals surface area (Å²) in [6.07, 6.45) is 1.62. The Kier molecular flexibility index (Phi) is 5.72. The average Bonchev–Trinajstić information content (AvgIpc) is 2.25. The summed E-state index contributed by atoms with van der Waals surface area (Å²) in [6, 6.07) is 7.49. The van der Waals surface area contributed by atoms with Gasteiger partial charge in [-0.05, 0) is 30.5 Å². The number of benzene rings is 1. The van der Waals surface area contributed by atoms with Crippen LogP contribution in [0.25, 0.3) is 0 Å². The van der Waals surface area contributed by atoms with Crippen molar-refractivity contribution >= 4 is 28.7 Å². The van der Waals surface area contributed by atoms with Crippen molar-refractivity contribution in [1.82, 2.24) is 4.72 Å². The maximum absolute atomic E-state index is 10.3. The first-order valence-corrected chi connectivity index (χ1v) is 6.18. The van der Waals surface area contributed by atoms with E-state index in [1.165, 1.54) is 0 Å². The lowest BCUT2D eigenvalue weighted by Gasteiger charge is -2.08. The Morgan fingerprint density at radius 1 is 1.44 bits per heavy atom. The topological polar surface area (TPSA) is 78.6 Å². The van der Waals surface area contributed by atoms with E-state index in [0.717, 1.165) is 28.6 Å². The fourth-order valence-corrected chi connectivity index (χ4v) is 1.69. The zero-order valence-corrected chi connectivity index (χ0v) is 10.2. The largest absolute Gasteiger partial charge is 0.294 e. The van der Waals surface area contributed by atoms with E-state index < -0.39 is 11.3 Å². The van der Waals surface area contributed by atoms with E-state index in [9.17, 15) is 4.21 Å². The molecular weight excluding hydrogens is 250 g/mol. The van der Waals surface area contributed by atoms with Crippen molar-refractivity contribution in [2.24, 2.45) is 5.84 Å². The van der Waals surface area contributed by atoms with Crippen LogP contribution in [-0.4, -0.2) is 15.3 Å². The van der Waals surface area contributed by atoms with Crippen LogP contribution < -0.4 is 15.1 Å². The second-order valence-electron chi connectivity index (χ2n) is 3.22. The quantitative estimate of drug-likeness (QED) is 0.237. The minimum Gasteiger partial charge on any atom is -0.294 e. The van der Waals surface area contributed by atoms with Gasteiger partial charge < -0.3 is 0 Å². The molecule has 0 saturated heterocycles. The molecule has 1 aromatic carbocycles. The van der Waals surface area contributed by atoms with Crippen molar-refractivity contribution in [3.05, 3.63) is 29.8 Å². The van der Waals surface area contributed by atoms with Gasteiger partial charge >= 0.3 is 0 Å². The van der Waals surface area contributed by atoms with Crippen LogP contribution in [-0.2, 0) is 17.7 Å². The molecule has 0 aromatic heterocycles. The molecule has 0 saturated carbocycles. The summed E-state index contributed by atoms with van der Waals surface area (Å²) >= 11 is 3.63. The third-order valence-electron chi connectivity index (χ3n) is 2.05. The van der Waals surface area contributed by atoms with E-state index in [1.807, 2.05) is 24.3 Å². The van der Waals surface area contributed by atoms with Gasteiger partial charge in [-0.3, -0.25) is 4.55 Å². The predicted octanol–water partition coefficient (Wildman–Crippen LogP) is 1.18. The summed E-state index contributed by atoms with van der Waals surface area (Å²) in [5, 5.41) is 0. The summed E-state index contributed by atoms with van der Waals surface area (Å²) in [5.74, 6) is 5.35. The average molecular weight is 264 g/mol. The predicted molar refractivity (Wildman–Crippen MR) is 66.1 cm³/mol. The zero-order valence-electron chi connectivity index (χ0n) is 8.60. The first kappa shape index (κ1) is 13.4. The SMILES string of the molecule is NN(Cl)c1ccc(CCCNS(=O)O)cc1. The molecule has 5 nitrogen and oxygen atoms in total. The van der Waals surface area contributed by atoms with Gasteiger partial charge in [-0.15, -0.1) is 0 Å². The van der Waals surface area contributed by atoms with Gasteiger partial charge in [-0.2, -0.15) is 0 Å². The van der Waals surface area contributed by atoms with Gasteiger partial charge in [-0.25, -0.2) is 19.3 Å². The summed E-state index contributed by atoms with van der Waals surface area (Å²) < 4.78 is 22.2. The van der Waals surface area contributed by atoms with Gasteiger partial charge in [-0.1, -0.05) is 12.1 Å². The number of anilines is 1. The van der Waals surface area contributed by atoms with Crippen LogP contribution in [0.5, 0.6) is 0 Å². The first-order chi connectivity index (χ1) is 7.59. The molecular formula is C9H14ClN3O2S. The molecule has 0 aliphatic rings. The number of aryl methyl sites for hydroxylation is 1. The van der Waals surface area contributed by atoms with Crippen LogP contribution in [0.15, 0.2) is 24.3 Å². The number of hydrogen-bond donors (Lipinski definition) is 3. The highest BCUT2D eigenvalue weighted by Crippen LogP contribution is 2.14. The minimum atomic E-state index is -1.92. The number of nitrogens with zero attached hydrogens (tertiary/aromatic N) is 1. The summed E-state index contributed by atoms with van der Waals surface area (Å²) in [7, 11) is 0. The number of hydrogen-bond acceptors (Lipinski definition) is 3. The second kappa shape index (κ2) is 6.82. The Hall–Kier alpha value is -0.660.